The monoisotopic (exact) mass is 346 g/mol. The maximum Gasteiger partial charge on any atom is 0.289 e. The van der Waals surface area contributed by atoms with E-state index in [4.69, 9.17) is 4.42 Å². The van der Waals surface area contributed by atoms with Crippen LogP contribution in [0.5, 0.6) is 0 Å². The van der Waals surface area contributed by atoms with Crippen molar-refractivity contribution in [3.05, 3.63) is 53.7 Å². The molecular formula is C18H22N2O3S. The van der Waals surface area contributed by atoms with E-state index >= 15 is 0 Å². The van der Waals surface area contributed by atoms with Crippen molar-refractivity contribution in [2.24, 2.45) is 5.92 Å². The third kappa shape index (κ3) is 3.82. The third-order valence-corrected chi connectivity index (χ3v) is 5.00. The van der Waals surface area contributed by atoms with Crippen LogP contribution < -0.4 is 0 Å². The number of pyridine rings is 1. The largest absolute Gasteiger partial charge is 0.455 e. The summed E-state index contributed by atoms with van der Waals surface area (Å²) in [6.45, 7) is 1.26. The van der Waals surface area contributed by atoms with Crippen LogP contribution in [0, 0.1) is 5.92 Å². The molecule has 1 N–H and O–H groups in total. The molecule has 3 heterocycles. The lowest BCUT2D eigenvalue weighted by Crippen LogP contribution is -2.39. The molecule has 0 aliphatic carbocycles. The molecule has 24 heavy (non-hydrogen) atoms. The van der Waals surface area contributed by atoms with E-state index in [1.807, 2.05) is 35.4 Å². The fraction of sp³-hybridized carbons (Fsp3) is 0.444. The highest BCUT2D eigenvalue weighted by atomic mass is 32.2. The Morgan fingerprint density at radius 3 is 2.83 bits per heavy atom. The van der Waals surface area contributed by atoms with Crippen molar-refractivity contribution in [2.75, 3.05) is 19.3 Å². The normalized spacial score (nSPS) is 17.0. The summed E-state index contributed by atoms with van der Waals surface area (Å²) in [6, 6.07) is 9.18. The molecule has 1 aliphatic rings. The van der Waals surface area contributed by atoms with E-state index in [-0.39, 0.29) is 11.8 Å². The Labute approximate surface area is 146 Å². The number of hydrogen-bond donors (Lipinski definition) is 1. The lowest BCUT2D eigenvalue weighted by molar-refractivity contribution is 0.0428. The quantitative estimate of drug-likeness (QED) is 0.901. The van der Waals surface area contributed by atoms with Crippen LogP contribution in [0.15, 0.2) is 40.9 Å². The van der Waals surface area contributed by atoms with Gasteiger partial charge in [0, 0.05) is 19.3 Å². The summed E-state index contributed by atoms with van der Waals surface area (Å²) in [7, 11) is 0. The van der Waals surface area contributed by atoms with Crippen LogP contribution in [0.1, 0.15) is 41.0 Å². The first-order valence-electron chi connectivity index (χ1n) is 8.15. The van der Waals surface area contributed by atoms with Gasteiger partial charge in [-0.3, -0.25) is 9.78 Å². The number of carbonyl (C=O) groups is 1. The first-order chi connectivity index (χ1) is 11.7. The molecule has 6 heteroatoms. The molecule has 0 spiro atoms. The van der Waals surface area contributed by atoms with Crippen molar-refractivity contribution in [2.45, 2.75) is 24.7 Å². The van der Waals surface area contributed by atoms with Crippen LogP contribution in [0.2, 0.25) is 0 Å². The van der Waals surface area contributed by atoms with Crippen LogP contribution in [-0.2, 0) is 5.75 Å². The first kappa shape index (κ1) is 17.0. The van der Waals surface area contributed by atoms with E-state index in [1.165, 1.54) is 0 Å². The molecule has 0 unspecified atom stereocenters. The zero-order valence-corrected chi connectivity index (χ0v) is 14.5. The van der Waals surface area contributed by atoms with Gasteiger partial charge in [0.25, 0.3) is 5.91 Å². The van der Waals surface area contributed by atoms with Gasteiger partial charge in [0.1, 0.15) is 5.76 Å². The second kappa shape index (κ2) is 7.85. The van der Waals surface area contributed by atoms with Gasteiger partial charge in [0.2, 0.25) is 0 Å². The number of likely N-dealkylation sites (tertiary alicyclic amines) is 1. The van der Waals surface area contributed by atoms with Crippen LogP contribution in [-0.4, -0.2) is 40.2 Å². The number of aliphatic hydroxyl groups is 1. The lowest BCUT2D eigenvalue weighted by atomic mass is 9.89. The number of amides is 1. The summed E-state index contributed by atoms with van der Waals surface area (Å²) >= 11 is 1.66. The second-order valence-electron chi connectivity index (χ2n) is 6.03. The molecule has 128 valence electrons. The Kier molecular flexibility index (Phi) is 5.58. The van der Waals surface area contributed by atoms with Gasteiger partial charge in [-0.25, -0.2) is 0 Å². The van der Waals surface area contributed by atoms with Gasteiger partial charge in [-0.15, -0.1) is 0 Å². The van der Waals surface area contributed by atoms with Crippen molar-refractivity contribution in [3.8, 4) is 0 Å². The Morgan fingerprint density at radius 2 is 2.17 bits per heavy atom. The summed E-state index contributed by atoms with van der Waals surface area (Å²) in [4.78, 5) is 18.6. The Balaban J connectivity index is 1.57. The Hall–Kier alpha value is -1.79. The maximum atomic E-state index is 12.5. The smallest absolute Gasteiger partial charge is 0.289 e. The molecule has 1 fully saturated rings. The SMILES string of the molecule is CSCc1ccc(C(=O)N2CCC([C@@H](O)c3ccccn3)CC2)o1. The average Bonchev–Trinajstić information content (AvgIpc) is 3.10. The number of carbonyl (C=O) groups excluding carboxylic acids is 1. The van der Waals surface area contributed by atoms with Crippen molar-refractivity contribution in [1.29, 1.82) is 0 Å². The minimum Gasteiger partial charge on any atom is -0.455 e. The minimum atomic E-state index is -0.569. The van der Waals surface area contributed by atoms with E-state index < -0.39 is 6.10 Å². The molecule has 0 aromatic carbocycles. The molecule has 1 amide bonds. The summed E-state index contributed by atoms with van der Waals surface area (Å²) in [6.07, 6.45) is 4.66. The number of aliphatic hydroxyl groups excluding tert-OH is 1. The number of hydrogen-bond acceptors (Lipinski definition) is 5. The zero-order chi connectivity index (χ0) is 16.9. The van der Waals surface area contributed by atoms with E-state index in [0.717, 1.165) is 24.4 Å². The molecule has 2 aromatic rings. The van der Waals surface area contributed by atoms with Gasteiger partial charge in [0.15, 0.2) is 5.76 Å². The number of thioether (sulfide) groups is 1. The van der Waals surface area contributed by atoms with Crippen molar-refractivity contribution in [3.63, 3.8) is 0 Å². The van der Waals surface area contributed by atoms with E-state index in [1.54, 1.807) is 24.0 Å². The molecule has 0 saturated carbocycles. The summed E-state index contributed by atoms with van der Waals surface area (Å²) in [5.41, 5.74) is 0.704. The van der Waals surface area contributed by atoms with Crippen molar-refractivity contribution in [1.82, 2.24) is 9.88 Å². The number of nitrogens with zero attached hydrogens (tertiary/aromatic N) is 2. The predicted molar refractivity (Wildman–Crippen MR) is 93.8 cm³/mol. The highest BCUT2D eigenvalue weighted by molar-refractivity contribution is 7.97. The molecular weight excluding hydrogens is 324 g/mol. The fourth-order valence-electron chi connectivity index (χ4n) is 3.08. The summed E-state index contributed by atoms with van der Waals surface area (Å²) < 4.78 is 5.61. The maximum absolute atomic E-state index is 12.5. The van der Waals surface area contributed by atoms with Crippen LogP contribution in [0.4, 0.5) is 0 Å². The lowest BCUT2D eigenvalue weighted by Gasteiger charge is -2.33. The third-order valence-electron chi connectivity index (χ3n) is 4.42. The highest BCUT2D eigenvalue weighted by Crippen LogP contribution is 2.30. The van der Waals surface area contributed by atoms with Gasteiger partial charge in [-0.1, -0.05) is 6.07 Å². The Bertz CT molecular complexity index is 666. The van der Waals surface area contributed by atoms with E-state index in [2.05, 4.69) is 4.98 Å². The number of furan rings is 1. The van der Waals surface area contributed by atoms with Crippen molar-refractivity contribution < 1.29 is 14.3 Å². The molecule has 0 bridgehead atoms. The molecule has 3 rings (SSSR count). The number of piperidine rings is 1. The molecule has 1 saturated heterocycles. The predicted octanol–water partition coefficient (Wildman–Crippen LogP) is 3.12. The van der Waals surface area contributed by atoms with Gasteiger partial charge in [-0.2, -0.15) is 11.8 Å². The Morgan fingerprint density at radius 1 is 1.38 bits per heavy atom. The standard InChI is InChI=1S/C18H22N2O3S/c1-24-12-14-5-6-16(23-14)18(22)20-10-7-13(8-11-20)17(21)15-4-2-3-9-19-15/h2-6,9,13,17,21H,7-8,10-12H2,1H3/t17-/m1/s1. The summed E-state index contributed by atoms with van der Waals surface area (Å²) in [5, 5.41) is 10.5. The fourth-order valence-corrected chi connectivity index (χ4v) is 3.52. The van der Waals surface area contributed by atoms with Crippen LogP contribution in [0.25, 0.3) is 0 Å². The van der Waals surface area contributed by atoms with E-state index in [0.29, 0.717) is 24.5 Å². The van der Waals surface area contributed by atoms with E-state index in [9.17, 15) is 9.90 Å². The van der Waals surface area contributed by atoms with Crippen molar-refractivity contribution >= 4 is 17.7 Å². The minimum absolute atomic E-state index is 0.0619. The van der Waals surface area contributed by atoms with Gasteiger partial charge < -0.3 is 14.4 Å². The number of aromatic nitrogens is 1. The van der Waals surface area contributed by atoms with Gasteiger partial charge in [-0.05, 0) is 49.3 Å². The van der Waals surface area contributed by atoms with Gasteiger partial charge in [0.05, 0.1) is 17.6 Å². The molecule has 2 aromatic heterocycles. The molecule has 0 radical (unpaired) electrons. The second-order valence-corrected chi connectivity index (χ2v) is 6.89. The average molecular weight is 346 g/mol. The zero-order valence-electron chi connectivity index (χ0n) is 13.7. The molecule has 5 nitrogen and oxygen atoms in total. The van der Waals surface area contributed by atoms with Crippen LogP contribution >= 0.6 is 11.8 Å². The first-order valence-corrected chi connectivity index (χ1v) is 9.54. The number of rotatable bonds is 5. The summed E-state index contributed by atoms with van der Waals surface area (Å²) in [5.74, 6) is 2.07. The highest BCUT2D eigenvalue weighted by Gasteiger charge is 2.30. The molecule has 1 atom stereocenters. The van der Waals surface area contributed by atoms with Gasteiger partial charge >= 0.3 is 0 Å². The molecule has 1 aliphatic heterocycles. The topological polar surface area (TPSA) is 66.6 Å². The van der Waals surface area contributed by atoms with Crippen LogP contribution in [0.3, 0.4) is 0 Å².